The molecule has 1 saturated carbocycles. The van der Waals surface area contributed by atoms with Crippen molar-refractivity contribution in [2.75, 3.05) is 0 Å². The summed E-state index contributed by atoms with van der Waals surface area (Å²) in [5, 5.41) is 2.30. The monoisotopic (exact) mass is 293 g/mol. The zero-order valence-electron chi connectivity index (χ0n) is 15.4. The van der Waals surface area contributed by atoms with Gasteiger partial charge in [-0.1, -0.05) is 25.5 Å². The van der Waals surface area contributed by atoms with E-state index in [9.17, 15) is 0 Å². The molecule has 1 heterocycles. The van der Waals surface area contributed by atoms with Gasteiger partial charge in [-0.25, -0.2) is 0 Å². The van der Waals surface area contributed by atoms with Crippen molar-refractivity contribution in [1.82, 2.24) is 5.06 Å². The summed E-state index contributed by atoms with van der Waals surface area (Å²) in [6, 6.07) is 1.05. The second-order valence-corrected chi connectivity index (χ2v) is 8.93. The molecule has 2 nitrogen and oxygen atoms in total. The van der Waals surface area contributed by atoms with Gasteiger partial charge in [0.05, 0.1) is 5.60 Å². The Kier molecular flexibility index (Phi) is 4.62. The van der Waals surface area contributed by atoms with Crippen LogP contribution in [0.5, 0.6) is 0 Å². The highest BCUT2D eigenvalue weighted by atomic mass is 16.7. The normalized spacial score (nSPS) is 39.4. The van der Waals surface area contributed by atoms with Gasteiger partial charge in [-0.3, -0.25) is 4.84 Å². The largest absolute Gasteiger partial charge is 0.292 e. The molecule has 0 spiro atoms. The summed E-state index contributed by atoms with van der Waals surface area (Å²) in [5.41, 5.74) is 1.83. The van der Waals surface area contributed by atoms with E-state index < -0.39 is 0 Å². The minimum Gasteiger partial charge on any atom is -0.292 e. The van der Waals surface area contributed by atoms with Crippen LogP contribution in [0, 0.1) is 17.3 Å². The van der Waals surface area contributed by atoms with Gasteiger partial charge in [-0.2, -0.15) is 5.06 Å². The first-order valence-corrected chi connectivity index (χ1v) is 8.66. The third-order valence-corrected chi connectivity index (χ3v) is 5.56. The summed E-state index contributed by atoms with van der Waals surface area (Å²) >= 11 is 0. The third-order valence-electron chi connectivity index (χ3n) is 5.56. The minimum atomic E-state index is -0.0319. The van der Waals surface area contributed by atoms with Gasteiger partial charge in [0.15, 0.2) is 0 Å². The molecule has 2 heteroatoms. The highest BCUT2D eigenvalue weighted by molar-refractivity contribution is 5.06. The van der Waals surface area contributed by atoms with Crippen LogP contribution in [0.4, 0.5) is 0 Å². The lowest BCUT2D eigenvalue weighted by Crippen LogP contribution is -2.48. The summed E-state index contributed by atoms with van der Waals surface area (Å²) in [6.07, 6.45) is 6.22. The van der Waals surface area contributed by atoms with E-state index >= 15 is 0 Å². The molecule has 0 aromatic rings. The van der Waals surface area contributed by atoms with Gasteiger partial charge in [0.2, 0.25) is 0 Å². The predicted molar refractivity (Wildman–Crippen MR) is 90.0 cm³/mol. The van der Waals surface area contributed by atoms with Crippen LogP contribution in [-0.2, 0) is 4.84 Å². The average molecular weight is 293 g/mol. The van der Waals surface area contributed by atoms with Gasteiger partial charge in [-0.15, -0.1) is 0 Å². The zero-order chi connectivity index (χ0) is 16.0. The Hall–Kier alpha value is -0.340. The van der Waals surface area contributed by atoms with E-state index in [0.717, 1.165) is 0 Å². The molecule has 2 fully saturated rings. The van der Waals surface area contributed by atoms with Crippen molar-refractivity contribution in [2.24, 2.45) is 17.3 Å². The molecule has 0 amide bonds. The maximum atomic E-state index is 6.36. The second kappa shape index (κ2) is 5.70. The minimum absolute atomic E-state index is 0.0319. The van der Waals surface area contributed by atoms with Crippen LogP contribution >= 0.6 is 0 Å². The molecule has 1 aliphatic carbocycles. The number of allylic oxidation sites excluding steroid dienone is 2. The smallest absolute Gasteiger partial charge is 0.0888 e. The summed E-state index contributed by atoms with van der Waals surface area (Å²) in [5.74, 6) is 1.34. The van der Waals surface area contributed by atoms with Crippen LogP contribution in [0.2, 0.25) is 0 Å². The molecule has 122 valence electrons. The van der Waals surface area contributed by atoms with E-state index in [-0.39, 0.29) is 5.60 Å². The van der Waals surface area contributed by atoms with Crippen molar-refractivity contribution < 1.29 is 4.84 Å². The van der Waals surface area contributed by atoms with Crippen molar-refractivity contribution in [3.63, 3.8) is 0 Å². The van der Waals surface area contributed by atoms with Crippen molar-refractivity contribution >= 4 is 0 Å². The van der Waals surface area contributed by atoms with E-state index in [2.05, 4.69) is 66.5 Å². The van der Waals surface area contributed by atoms with Gasteiger partial charge >= 0.3 is 0 Å². The molecule has 2 rings (SSSR count). The lowest BCUT2D eigenvalue weighted by molar-refractivity contribution is -0.215. The zero-order valence-corrected chi connectivity index (χ0v) is 15.4. The summed E-state index contributed by atoms with van der Waals surface area (Å²) in [6.45, 7) is 18.4. The fraction of sp³-hybridized carbons (Fsp3) is 0.895. The molecule has 0 aromatic carbocycles. The molecule has 0 N–H and O–H groups in total. The molecule has 21 heavy (non-hydrogen) atoms. The first-order chi connectivity index (χ1) is 9.56. The fourth-order valence-corrected chi connectivity index (χ4v) is 4.58. The molecule has 0 radical (unpaired) electrons. The van der Waals surface area contributed by atoms with Crippen LogP contribution in [0.1, 0.15) is 74.7 Å². The summed E-state index contributed by atoms with van der Waals surface area (Å²) < 4.78 is 0. The topological polar surface area (TPSA) is 12.5 Å². The van der Waals surface area contributed by atoms with Gasteiger partial charge in [0.1, 0.15) is 0 Å². The summed E-state index contributed by atoms with van der Waals surface area (Å²) in [4.78, 5) is 6.36. The van der Waals surface area contributed by atoms with E-state index in [1.165, 1.54) is 24.8 Å². The Balaban J connectivity index is 2.24. The van der Waals surface area contributed by atoms with Gasteiger partial charge in [0.25, 0.3) is 0 Å². The van der Waals surface area contributed by atoms with Gasteiger partial charge < -0.3 is 0 Å². The third kappa shape index (κ3) is 3.37. The van der Waals surface area contributed by atoms with Crippen LogP contribution in [0.25, 0.3) is 0 Å². The molecule has 2 aliphatic rings. The molecular formula is C19H35NO. The molecular weight excluding hydrogens is 258 g/mol. The van der Waals surface area contributed by atoms with Crippen molar-refractivity contribution in [2.45, 2.75) is 92.3 Å². The molecule has 1 saturated heterocycles. The van der Waals surface area contributed by atoms with Crippen LogP contribution in [0.15, 0.2) is 11.6 Å². The standard InChI is InChI=1S/C19H35NO/c1-13(2)9-10-19(8)11-15(5)17-16(12-19)18(6,7)21-20(17)14(3)4/h9,14-17H,10-12H2,1-8H3/t15?,16-,17-,19+/m0/s1. The highest BCUT2D eigenvalue weighted by Crippen LogP contribution is 2.54. The number of hydroxylamine groups is 2. The molecule has 4 atom stereocenters. The second-order valence-electron chi connectivity index (χ2n) is 8.93. The first kappa shape index (κ1) is 17.0. The predicted octanol–water partition coefficient (Wildman–Crippen LogP) is 5.20. The highest BCUT2D eigenvalue weighted by Gasteiger charge is 2.56. The van der Waals surface area contributed by atoms with Crippen LogP contribution in [-0.4, -0.2) is 22.7 Å². The summed E-state index contributed by atoms with van der Waals surface area (Å²) in [7, 11) is 0. The van der Waals surface area contributed by atoms with Crippen molar-refractivity contribution in [1.29, 1.82) is 0 Å². The maximum Gasteiger partial charge on any atom is 0.0888 e. The SMILES string of the molecule is CC(C)=CC[C@]1(C)CC(C)[C@H]2[C@H](C1)C(C)(C)ON2C(C)C. The fourth-order valence-electron chi connectivity index (χ4n) is 4.58. The number of rotatable bonds is 3. The van der Waals surface area contributed by atoms with E-state index in [4.69, 9.17) is 4.84 Å². The molecule has 0 bridgehead atoms. The van der Waals surface area contributed by atoms with Crippen molar-refractivity contribution in [3.05, 3.63) is 11.6 Å². The number of hydrogen-bond acceptors (Lipinski definition) is 2. The lowest BCUT2D eigenvalue weighted by atomic mass is 9.60. The van der Waals surface area contributed by atoms with Crippen LogP contribution in [0.3, 0.4) is 0 Å². The quantitative estimate of drug-likeness (QED) is 0.663. The van der Waals surface area contributed by atoms with Crippen molar-refractivity contribution in [3.8, 4) is 0 Å². The number of fused-ring (bicyclic) bond motifs is 1. The van der Waals surface area contributed by atoms with E-state index in [0.29, 0.717) is 29.3 Å². The van der Waals surface area contributed by atoms with Gasteiger partial charge in [-0.05, 0) is 72.1 Å². The number of nitrogens with zero attached hydrogens (tertiary/aromatic N) is 1. The Morgan fingerprint density at radius 1 is 1.24 bits per heavy atom. The molecule has 1 aliphatic heterocycles. The Bertz CT molecular complexity index is 408. The molecule has 0 aromatic heterocycles. The van der Waals surface area contributed by atoms with E-state index in [1.807, 2.05) is 0 Å². The number of hydrogen-bond donors (Lipinski definition) is 0. The lowest BCUT2D eigenvalue weighted by Gasteiger charge is -2.46. The first-order valence-electron chi connectivity index (χ1n) is 8.66. The average Bonchev–Trinajstić information content (AvgIpc) is 2.60. The maximum absolute atomic E-state index is 6.36. The van der Waals surface area contributed by atoms with E-state index in [1.54, 1.807) is 0 Å². The Morgan fingerprint density at radius 2 is 1.86 bits per heavy atom. The Morgan fingerprint density at radius 3 is 2.38 bits per heavy atom. The van der Waals surface area contributed by atoms with Gasteiger partial charge in [0, 0.05) is 18.0 Å². The van der Waals surface area contributed by atoms with Crippen LogP contribution < -0.4 is 0 Å². The molecule has 1 unspecified atom stereocenters. The Labute approximate surface area is 131 Å².